The summed E-state index contributed by atoms with van der Waals surface area (Å²) in [5, 5.41) is 20.2. The van der Waals surface area contributed by atoms with E-state index >= 15 is 0 Å². The van der Waals surface area contributed by atoms with E-state index in [0.717, 1.165) is 16.7 Å². The van der Waals surface area contributed by atoms with Gasteiger partial charge in [0.05, 0.1) is 25.2 Å². The zero-order chi connectivity index (χ0) is 23.7. The molecule has 2 unspecified atom stereocenters. The summed E-state index contributed by atoms with van der Waals surface area (Å²) in [5.41, 5.74) is 1.57. The third kappa shape index (κ3) is 5.30. The van der Waals surface area contributed by atoms with E-state index in [1.807, 2.05) is 66.7 Å². The molecule has 0 spiro atoms. The molecule has 1 aliphatic rings. The van der Waals surface area contributed by atoms with Crippen LogP contribution in [0.25, 0.3) is 6.08 Å². The van der Waals surface area contributed by atoms with Gasteiger partial charge in [0, 0.05) is 12.3 Å². The lowest BCUT2D eigenvalue weighted by Gasteiger charge is -2.38. The molecule has 0 aromatic heterocycles. The Bertz CT molecular complexity index is 1090. The Morgan fingerprint density at radius 3 is 2.36 bits per heavy atom. The SMILES string of the molecule is C=CCC(C#N)(C#N)C1=CC[C@@H](C(=O)OC)CC1C(/C=C/c1ccccc1)c1ccccc1. The van der Waals surface area contributed by atoms with Crippen LogP contribution in [0.3, 0.4) is 0 Å². The normalized spacial score (nSPS) is 19.1. The van der Waals surface area contributed by atoms with Gasteiger partial charge in [0.25, 0.3) is 0 Å². The zero-order valence-electron chi connectivity index (χ0n) is 18.9. The van der Waals surface area contributed by atoms with Crippen molar-refractivity contribution in [2.24, 2.45) is 17.3 Å². The van der Waals surface area contributed by atoms with E-state index in [2.05, 4.69) is 30.9 Å². The maximum absolute atomic E-state index is 12.5. The van der Waals surface area contributed by atoms with Crippen molar-refractivity contribution in [2.45, 2.75) is 25.2 Å². The number of allylic oxidation sites excluding steroid dienone is 4. The van der Waals surface area contributed by atoms with Crippen molar-refractivity contribution < 1.29 is 9.53 Å². The Morgan fingerprint density at radius 2 is 1.79 bits per heavy atom. The second-order valence-corrected chi connectivity index (χ2v) is 8.29. The number of rotatable bonds is 8. The number of carbonyl (C=O) groups is 1. The molecule has 0 bridgehead atoms. The van der Waals surface area contributed by atoms with Crippen molar-refractivity contribution in [2.75, 3.05) is 7.11 Å². The average Bonchev–Trinajstić information content (AvgIpc) is 2.88. The second kappa shape index (κ2) is 11.1. The summed E-state index contributed by atoms with van der Waals surface area (Å²) < 4.78 is 5.04. The van der Waals surface area contributed by atoms with Crippen LogP contribution in [0.2, 0.25) is 0 Å². The van der Waals surface area contributed by atoms with Crippen molar-refractivity contribution in [3.05, 3.63) is 102 Å². The summed E-state index contributed by atoms with van der Waals surface area (Å²) in [6.07, 6.45) is 8.90. The predicted molar refractivity (Wildman–Crippen MR) is 129 cm³/mol. The van der Waals surface area contributed by atoms with Crippen molar-refractivity contribution in [1.82, 2.24) is 0 Å². The third-order valence-corrected chi connectivity index (χ3v) is 6.33. The number of benzene rings is 2. The Kier molecular flexibility index (Phi) is 8.01. The van der Waals surface area contributed by atoms with E-state index in [4.69, 9.17) is 4.74 Å². The van der Waals surface area contributed by atoms with Gasteiger partial charge in [0.15, 0.2) is 5.41 Å². The lowest BCUT2D eigenvalue weighted by atomic mass is 9.63. The fourth-order valence-corrected chi connectivity index (χ4v) is 4.65. The van der Waals surface area contributed by atoms with Crippen LogP contribution < -0.4 is 0 Å². The van der Waals surface area contributed by atoms with Crippen LogP contribution in [-0.4, -0.2) is 13.1 Å². The molecule has 1 aliphatic carbocycles. The molecule has 0 aliphatic heterocycles. The summed E-state index contributed by atoms with van der Waals surface area (Å²) >= 11 is 0. The summed E-state index contributed by atoms with van der Waals surface area (Å²) in [6.45, 7) is 3.78. The summed E-state index contributed by atoms with van der Waals surface area (Å²) in [6, 6.07) is 24.5. The quantitative estimate of drug-likeness (QED) is 0.364. The largest absolute Gasteiger partial charge is 0.469 e. The van der Waals surface area contributed by atoms with Gasteiger partial charge in [-0.25, -0.2) is 0 Å². The molecule has 0 heterocycles. The van der Waals surface area contributed by atoms with Gasteiger partial charge in [-0.3, -0.25) is 4.79 Å². The number of hydrogen-bond acceptors (Lipinski definition) is 4. The first-order valence-corrected chi connectivity index (χ1v) is 11.1. The molecule has 33 heavy (non-hydrogen) atoms. The molecule has 0 fully saturated rings. The number of esters is 1. The van der Waals surface area contributed by atoms with E-state index in [9.17, 15) is 15.3 Å². The van der Waals surface area contributed by atoms with Gasteiger partial charge in [-0.05, 0) is 35.5 Å². The summed E-state index contributed by atoms with van der Waals surface area (Å²) in [5.74, 6) is -0.934. The van der Waals surface area contributed by atoms with E-state index in [0.29, 0.717) is 12.8 Å². The van der Waals surface area contributed by atoms with E-state index < -0.39 is 5.41 Å². The molecule has 3 rings (SSSR count). The third-order valence-electron chi connectivity index (χ3n) is 6.33. The van der Waals surface area contributed by atoms with E-state index in [1.54, 1.807) is 6.08 Å². The Balaban J connectivity index is 2.14. The fourth-order valence-electron chi connectivity index (χ4n) is 4.65. The Labute approximate surface area is 196 Å². The molecule has 0 amide bonds. The molecule has 2 aromatic carbocycles. The van der Waals surface area contributed by atoms with E-state index in [-0.39, 0.29) is 30.1 Å². The molecular formula is C29H28N2O2. The highest BCUT2D eigenvalue weighted by Gasteiger charge is 2.44. The van der Waals surface area contributed by atoms with Gasteiger partial charge >= 0.3 is 5.97 Å². The minimum atomic E-state index is -1.32. The number of hydrogen-bond donors (Lipinski definition) is 0. The Morgan fingerprint density at radius 1 is 1.15 bits per heavy atom. The topological polar surface area (TPSA) is 73.9 Å². The molecule has 3 atom stereocenters. The van der Waals surface area contributed by atoms with Gasteiger partial charge in [0.1, 0.15) is 0 Å². The first kappa shape index (κ1) is 23.8. The van der Waals surface area contributed by atoms with Crippen LogP contribution in [0.5, 0.6) is 0 Å². The Hall–Kier alpha value is -3.89. The van der Waals surface area contributed by atoms with Crippen molar-refractivity contribution >= 4 is 12.0 Å². The zero-order valence-corrected chi connectivity index (χ0v) is 18.9. The molecule has 0 radical (unpaired) electrons. The van der Waals surface area contributed by atoms with Crippen LogP contribution in [-0.2, 0) is 9.53 Å². The second-order valence-electron chi connectivity index (χ2n) is 8.29. The van der Waals surface area contributed by atoms with Crippen LogP contribution >= 0.6 is 0 Å². The standard InChI is InChI=1S/C29H28N2O2/c1-3-18-29(20-30,21-31)27-17-15-24(28(32)33-2)19-26(27)25(23-12-8-5-9-13-23)16-14-22-10-6-4-7-11-22/h3-14,16-17,24-26H,1,15,18-19H2,2H3/b16-14+/t24-,25?,26?/m1/s1. The van der Waals surface area contributed by atoms with Crippen molar-refractivity contribution in [3.63, 3.8) is 0 Å². The first-order valence-electron chi connectivity index (χ1n) is 11.1. The lowest BCUT2D eigenvalue weighted by Crippen LogP contribution is -2.34. The number of nitrogens with zero attached hydrogens (tertiary/aromatic N) is 2. The number of nitriles is 2. The summed E-state index contributed by atoms with van der Waals surface area (Å²) in [4.78, 5) is 12.5. The molecule has 166 valence electrons. The minimum absolute atomic E-state index is 0.129. The molecular weight excluding hydrogens is 408 g/mol. The van der Waals surface area contributed by atoms with Gasteiger partial charge in [-0.1, -0.05) is 85.0 Å². The summed E-state index contributed by atoms with van der Waals surface area (Å²) in [7, 11) is 1.40. The average molecular weight is 437 g/mol. The number of ether oxygens (including phenoxy) is 1. The number of carbonyl (C=O) groups excluding carboxylic acids is 1. The smallest absolute Gasteiger partial charge is 0.308 e. The van der Waals surface area contributed by atoms with Crippen molar-refractivity contribution in [3.8, 4) is 12.1 Å². The molecule has 2 aromatic rings. The van der Waals surface area contributed by atoms with Crippen molar-refractivity contribution in [1.29, 1.82) is 10.5 Å². The van der Waals surface area contributed by atoms with E-state index in [1.165, 1.54) is 7.11 Å². The first-order chi connectivity index (χ1) is 16.1. The fraction of sp³-hybridized carbons (Fsp3) is 0.276. The highest BCUT2D eigenvalue weighted by molar-refractivity contribution is 5.73. The number of methoxy groups -OCH3 is 1. The molecule has 4 nitrogen and oxygen atoms in total. The van der Waals surface area contributed by atoms with Gasteiger partial charge in [-0.15, -0.1) is 6.58 Å². The highest BCUT2D eigenvalue weighted by atomic mass is 16.5. The molecule has 0 saturated carbocycles. The monoisotopic (exact) mass is 436 g/mol. The molecule has 0 N–H and O–H groups in total. The lowest BCUT2D eigenvalue weighted by molar-refractivity contribution is -0.146. The van der Waals surface area contributed by atoms with Crippen LogP contribution in [0.1, 0.15) is 36.3 Å². The predicted octanol–water partition coefficient (Wildman–Crippen LogP) is 6.22. The van der Waals surface area contributed by atoms with Gasteiger partial charge in [-0.2, -0.15) is 10.5 Å². The van der Waals surface area contributed by atoms with Gasteiger partial charge in [0.2, 0.25) is 0 Å². The molecule has 0 saturated heterocycles. The minimum Gasteiger partial charge on any atom is -0.469 e. The maximum Gasteiger partial charge on any atom is 0.308 e. The van der Waals surface area contributed by atoms with Crippen LogP contribution in [0.4, 0.5) is 0 Å². The van der Waals surface area contributed by atoms with Gasteiger partial charge < -0.3 is 4.74 Å². The molecule has 4 heteroatoms. The van der Waals surface area contributed by atoms with Crippen LogP contribution in [0, 0.1) is 39.9 Å². The van der Waals surface area contributed by atoms with Crippen LogP contribution in [0.15, 0.2) is 91.0 Å². The maximum atomic E-state index is 12.5. The highest BCUT2D eigenvalue weighted by Crippen LogP contribution is 2.48.